The van der Waals surface area contributed by atoms with Gasteiger partial charge in [-0.1, -0.05) is 29.8 Å². The smallest absolute Gasteiger partial charge is 0.389 e. The first-order valence-electron chi connectivity index (χ1n) is 8.88. The first kappa shape index (κ1) is 21.5. The Labute approximate surface area is 175 Å². The van der Waals surface area contributed by atoms with Gasteiger partial charge in [0, 0.05) is 24.2 Å². The van der Waals surface area contributed by atoms with Crippen molar-refractivity contribution in [3.63, 3.8) is 0 Å². The molecule has 2 aromatic carbocycles. The Morgan fingerprint density at radius 3 is 2.60 bits per heavy atom. The van der Waals surface area contributed by atoms with Crippen molar-refractivity contribution in [3.05, 3.63) is 77.2 Å². The molecule has 156 valence electrons. The summed E-state index contributed by atoms with van der Waals surface area (Å²) in [6, 6.07) is 11.5. The van der Waals surface area contributed by atoms with E-state index in [-0.39, 0.29) is 22.8 Å². The first-order chi connectivity index (χ1) is 14.3. The number of hydrogen-bond donors (Lipinski definition) is 1. The second kappa shape index (κ2) is 9.08. The standard InChI is InChI=1S/C20H17ClF3N5O/c1-13-5-7-16(8-6-13)29-19(26-27-28-29)17(12-25-10-9-21)18(30)14-3-2-4-15(11-14)20(22,23)24/h2-8,11-12,25H,9-10H2,1H3. The van der Waals surface area contributed by atoms with Gasteiger partial charge in [0.15, 0.2) is 11.6 Å². The number of hydrogen-bond acceptors (Lipinski definition) is 5. The van der Waals surface area contributed by atoms with Crippen LogP contribution in [0.3, 0.4) is 0 Å². The van der Waals surface area contributed by atoms with E-state index in [0.717, 1.165) is 17.7 Å². The van der Waals surface area contributed by atoms with E-state index in [1.165, 1.54) is 23.0 Å². The molecule has 0 aliphatic carbocycles. The van der Waals surface area contributed by atoms with Crippen molar-refractivity contribution >= 4 is 23.0 Å². The predicted octanol–water partition coefficient (Wildman–Crippen LogP) is 4.04. The normalized spacial score (nSPS) is 12.1. The number of rotatable bonds is 7. The molecule has 0 amide bonds. The van der Waals surface area contributed by atoms with Crippen LogP contribution in [0.25, 0.3) is 11.3 Å². The van der Waals surface area contributed by atoms with Crippen LogP contribution >= 0.6 is 11.6 Å². The minimum atomic E-state index is -4.57. The zero-order chi connectivity index (χ0) is 21.7. The Morgan fingerprint density at radius 2 is 1.93 bits per heavy atom. The van der Waals surface area contributed by atoms with E-state index in [1.54, 1.807) is 12.1 Å². The van der Waals surface area contributed by atoms with Gasteiger partial charge in [0.05, 0.1) is 16.8 Å². The molecule has 0 aliphatic heterocycles. The number of carbonyl (C=O) groups is 1. The fourth-order valence-corrected chi connectivity index (χ4v) is 2.78. The molecule has 3 rings (SSSR count). The molecule has 10 heteroatoms. The molecule has 1 aromatic heterocycles. The summed E-state index contributed by atoms with van der Waals surface area (Å²) in [5, 5.41) is 14.4. The van der Waals surface area contributed by atoms with E-state index in [0.29, 0.717) is 12.2 Å². The summed E-state index contributed by atoms with van der Waals surface area (Å²) in [6.45, 7) is 2.26. The lowest BCUT2D eigenvalue weighted by molar-refractivity contribution is -0.137. The van der Waals surface area contributed by atoms with E-state index in [9.17, 15) is 18.0 Å². The summed E-state index contributed by atoms with van der Waals surface area (Å²) in [5.74, 6) is -0.306. The summed E-state index contributed by atoms with van der Waals surface area (Å²) >= 11 is 5.67. The molecule has 0 saturated heterocycles. The third-order valence-corrected chi connectivity index (χ3v) is 4.36. The Morgan fingerprint density at radius 1 is 1.20 bits per heavy atom. The molecular formula is C20H17ClF3N5O. The van der Waals surface area contributed by atoms with E-state index >= 15 is 0 Å². The van der Waals surface area contributed by atoms with Crippen LogP contribution < -0.4 is 5.32 Å². The second-order valence-corrected chi connectivity index (χ2v) is 6.74. The van der Waals surface area contributed by atoms with Gasteiger partial charge in [0.1, 0.15) is 0 Å². The summed E-state index contributed by atoms with van der Waals surface area (Å²) in [4.78, 5) is 13.1. The van der Waals surface area contributed by atoms with Crippen molar-refractivity contribution in [1.29, 1.82) is 0 Å². The average Bonchev–Trinajstić information content (AvgIpc) is 3.20. The van der Waals surface area contributed by atoms with E-state index in [1.807, 2.05) is 19.1 Å². The number of halogens is 4. The van der Waals surface area contributed by atoms with Gasteiger partial charge in [-0.15, -0.1) is 16.7 Å². The zero-order valence-electron chi connectivity index (χ0n) is 15.8. The minimum absolute atomic E-state index is 0.00464. The van der Waals surface area contributed by atoms with Crippen LogP contribution in [0.1, 0.15) is 27.3 Å². The molecule has 0 aliphatic rings. The van der Waals surface area contributed by atoms with E-state index in [4.69, 9.17) is 11.6 Å². The number of alkyl halides is 4. The Bertz CT molecular complexity index is 1060. The number of ketones is 1. The molecule has 0 spiro atoms. The summed E-state index contributed by atoms with van der Waals surface area (Å²) in [7, 11) is 0. The van der Waals surface area contributed by atoms with Gasteiger partial charge in [-0.2, -0.15) is 17.9 Å². The molecule has 0 atom stereocenters. The van der Waals surface area contributed by atoms with Gasteiger partial charge < -0.3 is 5.32 Å². The Kier molecular flexibility index (Phi) is 6.51. The number of aromatic nitrogens is 4. The predicted molar refractivity (Wildman–Crippen MR) is 106 cm³/mol. The van der Waals surface area contributed by atoms with Crippen LogP contribution in [-0.2, 0) is 6.18 Å². The van der Waals surface area contributed by atoms with Crippen LogP contribution in [0.4, 0.5) is 13.2 Å². The van der Waals surface area contributed by atoms with E-state index in [2.05, 4.69) is 20.8 Å². The van der Waals surface area contributed by atoms with Crippen molar-refractivity contribution in [2.45, 2.75) is 13.1 Å². The molecule has 30 heavy (non-hydrogen) atoms. The summed E-state index contributed by atoms with van der Waals surface area (Å²) < 4.78 is 40.6. The van der Waals surface area contributed by atoms with Crippen molar-refractivity contribution in [3.8, 4) is 5.69 Å². The minimum Gasteiger partial charge on any atom is -0.389 e. The Balaban J connectivity index is 2.05. The van der Waals surface area contributed by atoms with Gasteiger partial charge in [0.25, 0.3) is 0 Å². The van der Waals surface area contributed by atoms with Gasteiger partial charge >= 0.3 is 6.18 Å². The maximum atomic E-state index is 13.1. The second-order valence-electron chi connectivity index (χ2n) is 6.36. The number of carbonyl (C=O) groups excluding carboxylic acids is 1. The average molecular weight is 436 g/mol. The molecule has 0 unspecified atom stereocenters. The largest absolute Gasteiger partial charge is 0.416 e. The highest BCUT2D eigenvalue weighted by Crippen LogP contribution is 2.30. The fraction of sp³-hybridized carbons (Fsp3) is 0.200. The van der Waals surface area contributed by atoms with Crippen molar-refractivity contribution in [1.82, 2.24) is 25.5 Å². The lowest BCUT2D eigenvalue weighted by atomic mass is 10.0. The molecule has 3 aromatic rings. The van der Waals surface area contributed by atoms with Gasteiger partial charge in [-0.05, 0) is 41.6 Å². The number of aryl methyl sites for hydroxylation is 1. The number of Topliss-reactive ketones (excluding diaryl/α,β-unsaturated/α-hetero) is 1. The highest BCUT2D eigenvalue weighted by molar-refractivity contribution is 6.28. The number of nitrogens with zero attached hydrogens (tertiary/aromatic N) is 4. The van der Waals surface area contributed by atoms with Crippen LogP contribution in [-0.4, -0.2) is 38.4 Å². The molecule has 0 fully saturated rings. The SMILES string of the molecule is Cc1ccc(-n2nnnc2C(=CNCCCl)C(=O)c2cccc(C(F)(F)F)c2)cc1. The zero-order valence-corrected chi connectivity index (χ0v) is 16.6. The van der Waals surface area contributed by atoms with Crippen LogP contribution in [0.5, 0.6) is 0 Å². The Hall–Kier alpha value is -3.20. The van der Waals surface area contributed by atoms with Gasteiger partial charge in [-0.3, -0.25) is 4.79 Å². The maximum Gasteiger partial charge on any atom is 0.416 e. The van der Waals surface area contributed by atoms with Crippen LogP contribution in [0, 0.1) is 6.92 Å². The highest BCUT2D eigenvalue weighted by Gasteiger charge is 2.31. The first-order valence-corrected chi connectivity index (χ1v) is 9.42. The summed E-state index contributed by atoms with van der Waals surface area (Å²) in [6.07, 6.45) is -3.21. The number of nitrogens with one attached hydrogen (secondary N) is 1. The van der Waals surface area contributed by atoms with Crippen molar-refractivity contribution in [2.75, 3.05) is 12.4 Å². The number of tetrazole rings is 1. The van der Waals surface area contributed by atoms with Crippen LogP contribution in [0.15, 0.2) is 54.7 Å². The highest BCUT2D eigenvalue weighted by atomic mass is 35.5. The third-order valence-electron chi connectivity index (χ3n) is 4.17. The van der Waals surface area contributed by atoms with Crippen LogP contribution in [0.2, 0.25) is 0 Å². The lowest BCUT2D eigenvalue weighted by Crippen LogP contribution is -2.16. The molecular weight excluding hydrogens is 419 g/mol. The molecule has 0 radical (unpaired) electrons. The molecule has 1 heterocycles. The fourth-order valence-electron chi connectivity index (χ4n) is 2.67. The monoisotopic (exact) mass is 435 g/mol. The topological polar surface area (TPSA) is 72.7 Å². The van der Waals surface area contributed by atoms with Crippen molar-refractivity contribution < 1.29 is 18.0 Å². The maximum absolute atomic E-state index is 13.1. The molecule has 6 nitrogen and oxygen atoms in total. The number of allylic oxidation sites excluding steroid dienone is 1. The molecule has 0 saturated carbocycles. The number of benzene rings is 2. The molecule has 1 N–H and O–H groups in total. The third kappa shape index (κ3) is 4.85. The van der Waals surface area contributed by atoms with Crippen molar-refractivity contribution in [2.24, 2.45) is 0 Å². The lowest BCUT2D eigenvalue weighted by Gasteiger charge is -2.11. The molecule has 0 bridgehead atoms. The summed E-state index contributed by atoms with van der Waals surface area (Å²) in [5.41, 5.74) is 0.570. The van der Waals surface area contributed by atoms with E-state index < -0.39 is 17.5 Å². The van der Waals surface area contributed by atoms with Gasteiger partial charge in [0.2, 0.25) is 0 Å². The quantitative estimate of drug-likeness (QED) is 0.262. The van der Waals surface area contributed by atoms with Gasteiger partial charge in [-0.25, -0.2) is 0 Å².